The van der Waals surface area contributed by atoms with Gasteiger partial charge in [-0.25, -0.2) is 4.39 Å². The lowest BCUT2D eigenvalue weighted by Crippen LogP contribution is -1.90. The van der Waals surface area contributed by atoms with Crippen LogP contribution in [0.4, 0.5) is 4.39 Å². The molecule has 2 aromatic rings. The predicted octanol–water partition coefficient (Wildman–Crippen LogP) is 3.81. The van der Waals surface area contributed by atoms with Crippen LogP contribution < -0.4 is 4.74 Å². The van der Waals surface area contributed by atoms with Crippen molar-refractivity contribution in [1.82, 2.24) is 0 Å². The standard InChI is InChI=1S/C14H13FO/c1-10-5-3-4-6-12(10)13-8-7-11(15)9-14(13)16-2/h3-9H,1-2H3. The van der Waals surface area contributed by atoms with Crippen LogP contribution in [0.25, 0.3) is 11.1 Å². The average molecular weight is 216 g/mol. The van der Waals surface area contributed by atoms with Crippen LogP contribution in [0, 0.1) is 12.7 Å². The van der Waals surface area contributed by atoms with E-state index in [4.69, 9.17) is 4.74 Å². The maximum atomic E-state index is 13.1. The quantitative estimate of drug-likeness (QED) is 0.741. The fourth-order valence-corrected chi connectivity index (χ4v) is 1.76. The van der Waals surface area contributed by atoms with Crippen LogP contribution in [0.5, 0.6) is 5.75 Å². The molecule has 0 heterocycles. The van der Waals surface area contributed by atoms with Gasteiger partial charge in [0.05, 0.1) is 7.11 Å². The van der Waals surface area contributed by atoms with Crippen molar-refractivity contribution in [1.29, 1.82) is 0 Å². The highest BCUT2D eigenvalue weighted by Gasteiger charge is 2.08. The molecule has 16 heavy (non-hydrogen) atoms. The summed E-state index contributed by atoms with van der Waals surface area (Å²) >= 11 is 0. The number of hydrogen-bond acceptors (Lipinski definition) is 1. The third-order valence-corrected chi connectivity index (χ3v) is 2.60. The molecule has 82 valence electrons. The van der Waals surface area contributed by atoms with Crippen LogP contribution in [-0.2, 0) is 0 Å². The predicted molar refractivity (Wildman–Crippen MR) is 63.1 cm³/mol. The maximum Gasteiger partial charge on any atom is 0.129 e. The third kappa shape index (κ3) is 1.91. The van der Waals surface area contributed by atoms with Crippen molar-refractivity contribution >= 4 is 0 Å². The molecule has 0 aliphatic carbocycles. The summed E-state index contributed by atoms with van der Waals surface area (Å²) in [5.74, 6) is 0.281. The van der Waals surface area contributed by atoms with Gasteiger partial charge in [-0.1, -0.05) is 24.3 Å². The van der Waals surface area contributed by atoms with Crippen molar-refractivity contribution < 1.29 is 9.13 Å². The van der Waals surface area contributed by atoms with Crippen molar-refractivity contribution in [2.24, 2.45) is 0 Å². The lowest BCUT2D eigenvalue weighted by molar-refractivity contribution is 0.413. The Morgan fingerprint density at radius 3 is 2.44 bits per heavy atom. The highest BCUT2D eigenvalue weighted by molar-refractivity contribution is 5.73. The molecule has 0 fully saturated rings. The first-order valence-corrected chi connectivity index (χ1v) is 5.12. The molecule has 0 spiro atoms. The molecule has 0 unspecified atom stereocenters. The van der Waals surface area contributed by atoms with Crippen LogP contribution in [0.1, 0.15) is 5.56 Å². The fourth-order valence-electron chi connectivity index (χ4n) is 1.76. The van der Waals surface area contributed by atoms with Crippen molar-refractivity contribution in [3.8, 4) is 16.9 Å². The lowest BCUT2D eigenvalue weighted by atomic mass is 10.00. The van der Waals surface area contributed by atoms with Gasteiger partial charge in [0.1, 0.15) is 11.6 Å². The number of hydrogen-bond donors (Lipinski definition) is 0. The second-order valence-electron chi connectivity index (χ2n) is 3.66. The summed E-state index contributed by atoms with van der Waals surface area (Å²) in [7, 11) is 1.55. The van der Waals surface area contributed by atoms with E-state index in [2.05, 4.69) is 0 Å². The molecule has 0 saturated carbocycles. The Morgan fingerprint density at radius 1 is 1.00 bits per heavy atom. The van der Waals surface area contributed by atoms with E-state index in [-0.39, 0.29) is 5.82 Å². The molecule has 2 aromatic carbocycles. The van der Waals surface area contributed by atoms with Crippen molar-refractivity contribution in [3.05, 3.63) is 53.8 Å². The fraction of sp³-hybridized carbons (Fsp3) is 0.143. The number of rotatable bonds is 2. The summed E-state index contributed by atoms with van der Waals surface area (Å²) in [5.41, 5.74) is 3.13. The first kappa shape index (κ1) is 10.7. The molecule has 0 atom stereocenters. The van der Waals surface area contributed by atoms with Crippen molar-refractivity contribution in [2.45, 2.75) is 6.92 Å². The molecule has 0 saturated heterocycles. The summed E-state index contributed by atoms with van der Waals surface area (Å²) in [4.78, 5) is 0. The highest BCUT2D eigenvalue weighted by Crippen LogP contribution is 2.32. The summed E-state index contributed by atoms with van der Waals surface area (Å²) in [6, 6.07) is 12.6. The zero-order chi connectivity index (χ0) is 11.5. The van der Waals surface area contributed by atoms with Gasteiger partial charge >= 0.3 is 0 Å². The van der Waals surface area contributed by atoms with Crippen molar-refractivity contribution in [2.75, 3.05) is 7.11 Å². The number of halogens is 1. The van der Waals surface area contributed by atoms with E-state index in [0.717, 1.165) is 16.7 Å². The third-order valence-electron chi connectivity index (χ3n) is 2.60. The van der Waals surface area contributed by atoms with E-state index in [0.29, 0.717) is 5.75 Å². The molecule has 2 heteroatoms. The van der Waals surface area contributed by atoms with Gasteiger partial charge in [-0.3, -0.25) is 0 Å². The Balaban J connectivity index is 2.60. The molecule has 0 amide bonds. The molecule has 0 bridgehead atoms. The monoisotopic (exact) mass is 216 g/mol. The first-order valence-electron chi connectivity index (χ1n) is 5.12. The first-order chi connectivity index (χ1) is 7.72. The smallest absolute Gasteiger partial charge is 0.129 e. The number of aryl methyl sites for hydroxylation is 1. The van der Waals surface area contributed by atoms with Crippen molar-refractivity contribution in [3.63, 3.8) is 0 Å². The average Bonchev–Trinajstić information content (AvgIpc) is 2.30. The molecule has 0 N–H and O–H groups in total. The van der Waals surface area contributed by atoms with Gasteiger partial charge in [0, 0.05) is 11.6 Å². The van der Waals surface area contributed by atoms with E-state index in [1.165, 1.54) is 12.1 Å². The SMILES string of the molecule is COc1cc(F)ccc1-c1ccccc1C. The summed E-state index contributed by atoms with van der Waals surface area (Å²) < 4.78 is 18.3. The largest absolute Gasteiger partial charge is 0.496 e. The van der Waals surface area contributed by atoms with Gasteiger partial charge in [-0.15, -0.1) is 0 Å². The van der Waals surface area contributed by atoms with Gasteiger partial charge in [0.15, 0.2) is 0 Å². The van der Waals surface area contributed by atoms with E-state index in [1.807, 2.05) is 31.2 Å². The Hall–Kier alpha value is -1.83. The van der Waals surface area contributed by atoms with Crippen LogP contribution >= 0.6 is 0 Å². The summed E-state index contributed by atoms with van der Waals surface area (Å²) in [6.45, 7) is 2.03. The molecular weight excluding hydrogens is 203 g/mol. The number of benzene rings is 2. The van der Waals surface area contributed by atoms with E-state index >= 15 is 0 Å². The zero-order valence-electron chi connectivity index (χ0n) is 9.33. The molecule has 0 radical (unpaired) electrons. The van der Waals surface area contributed by atoms with E-state index in [9.17, 15) is 4.39 Å². The Bertz CT molecular complexity index is 506. The summed E-state index contributed by atoms with van der Waals surface area (Å²) in [6.07, 6.45) is 0. The highest BCUT2D eigenvalue weighted by atomic mass is 19.1. The topological polar surface area (TPSA) is 9.23 Å². The lowest BCUT2D eigenvalue weighted by Gasteiger charge is -2.10. The van der Waals surface area contributed by atoms with Crippen LogP contribution in [-0.4, -0.2) is 7.11 Å². The minimum atomic E-state index is -0.283. The van der Waals surface area contributed by atoms with Gasteiger partial charge in [-0.2, -0.15) is 0 Å². The van der Waals surface area contributed by atoms with Crippen LogP contribution in [0.2, 0.25) is 0 Å². The van der Waals surface area contributed by atoms with Crippen LogP contribution in [0.3, 0.4) is 0 Å². The van der Waals surface area contributed by atoms with Gasteiger partial charge in [-0.05, 0) is 30.2 Å². The van der Waals surface area contributed by atoms with Crippen LogP contribution in [0.15, 0.2) is 42.5 Å². The zero-order valence-corrected chi connectivity index (χ0v) is 9.33. The van der Waals surface area contributed by atoms with Gasteiger partial charge < -0.3 is 4.74 Å². The second-order valence-corrected chi connectivity index (χ2v) is 3.66. The minimum absolute atomic E-state index is 0.283. The number of methoxy groups -OCH3 is 1. The molecule has 2 rings (SSSR count). The Morgan fingerprint density at radius 2 is 1.75 bits per heavy atom. The Labute approximate surface area is 94.5 Å². The Kier molecular flexibility index (Phi) is 2.91. The number of ether oxygens (including phenoxy) is 1. The van der Waals surface area contributed by atoms with Gasteiger partial charge in [0.2, 0.25) is 0 Å². The van der Waals surface area contributed by atoms with E-state index < -0.39 is 0 Å². The minimum Gasteiger partial charge on any atom is -0.496 e. The molecule has 0 aliphatic heterocycles. The molecule has 0 aromatic heterocycles. The molecular formula is C14H13FO. The second kappa shape index (κ2) is 4.35. The molecule has 0 aliphatic rings. The normalized spacial score (nSPS) is 10.2. The van der Waals surface area contributed by atoms with Gasteiger partial charge in [0.25, 0.3) is 0 Å². The van der Waals surface area contributed by atoms with E-state index in [1.54, 1.807) is 13.2 Å². The maximum absolute atomic E-state index is 13.1. The molecule has 1 nitrogen and oxygen atoms in total. The summed E-state index contributed by atoms with van der Waals surface area (Å²) in [5, 5.41) is 0.